The maximum Gasteiger partial charge on any atom is 0.264 e. The van der Waals surface area contributed by atoms with Gasteiger partial charge in [-0.2, -0.15) is 0 Å². The molecule has 0 saturated carbocycles. The lowest BCUT2D eigenvalue weighted by molar-refractivity contribution is -0.135. The van der Waals surface area contributed by atoms with E-state index < -0.39 is 0 Å². The van der Waals surface area contributed by atoms with Gasteiger partial charge in [-0.25, -0.2) is 4.63 Å². The van der Waals surface area contributed by atoms with E-state index in [1.807, 2.05) is 43.4 Å². The summed E-state index contributed by atoms with van der Waals surface area (Å²) in [6.45, 7) is 3.50. The van der Waals surface area contributed by atoms with Crippen LogP contribution >= 0.6 is 0 Å². The van der Waals surface area contributed by atoms with Gasteiger partial charge in [0.05, 0.1) is 29.3 Å². The lowest BCUT2D eigenvalue weighted by Crippen LogP contribution is -2.44. The fourth-order valence-electron chi connectivity index (χ4n) is 4.91. The van der Waals surface area contributed by atoms with Gasteiger partial charge in [-0.3, -0.25) is 19.3 Å². The van der Waals surface area contributed by atoms with Crippen molar-refractivity contribution in [1.29, 1.82) is 0 Å². The largest absolute Gasteiger partial charge is 0.370 e. The number of rotatable bonds is 6. The van der Waals surface area contributed by atoms with Crippen LogP contribution in [0.2, 0.25) is 0 Å². The molecule has 9 nitrogen and oxygen atoms in total. The molecule has 3 aromatic rings. The molecule has 35 heavy (non-hydrogen) atoms. The van der Waals surface area contributed by atoms with Crippen LogP contribution in [0.1, 0.15) is 50.5 Å². The van der Waals surface area contributed by atoms with Gasteiger partial charge in [0.1, 0.15) is 11.4 Å². The average Bonchev–Trinajstić information content (AvgIpc) is 3.40. The Hall–Kier alpha value is -4.01. The van der Waals surface area contributed by atoms with Crippen molar-refractivity contribution in [2.75, 3.05) is 25.0 Å². The second-order valence-electron chi connectivity index (χ2n) is 9.16. The van der Waals surface area contributed by atoms with E-state index in [2.05, 4.69) is 15.2 Å². The number of carbonyl (C=O) groups excluding carboxylic acids is 3. The highest BCUT2D eigenvalue weighted by atomic mass is 16.6. The average molecular weight is 474 g/mol. The summed E-state index contributed by atoms with van der Waals surface area (Å²) >= 11 is 0. The van der Waals surface area contributed by atoms with Crippen LogP contribution in [-0.4, -0.2) is 58.0 Å². The summed E-state index contributed by atoms with van der Waals surface area (Å²) in [6, 6.07) is 15.2. The van der Waals surface area contributed by atoms with E-state index in [9.17, 15) is 14.4 Å². The topological polar surface area (TPSA) is 99.8 Å². The molecule has 1 unspecified atom stereocenters. The van der Waals surface area contributed by atoms with Crippen LogP contribution < -0.4 is 4.90 Å². The summed E-state index contributed by atoms with van der Waals surface area (Å²) in [7, 11) is 1.83. The van der Waals surface area contributed by atoms with Gasteiger partial charge in [-0.15, -0.1) is 0 Å². The number of fused-ring (bicyclic) bond motifs is 1. The van der Waals surface area contributed by atoms with Gasteiger partial charge in [-0.1, -0.05) is 46.7 Å². The highest BCUT2D eigenvalue weighted by molar-refractivity contribution is 6.23. The van der Waals surface area contributed by atoms with Crippen molar-refractivity contribution < 1.29 is 19.0 Å². The summed E-state index contributed by atoms with van der Waals surface area (Å²) in [6.07, 6.45) is 1.62. The van der Waals surface area contributed by atoms with Crippen LogP contribution in [0.3, 0.4) is 0 Å². The van der Waals surface area contributed by atoms with E-state index in [-0.39, 0.29) is 30.2 Å². The Morgan fingerprint density at radius 3 is 2.63 bits per heavy atom. The minimum Gasteiger partial charge on any atom is -0.370 e. The molecular weight excluding hydrogens is 446 g/mol. The first-order valence-corrected chi connectivity index (χ1v) is 11.7. The minimum atomic E-state index is -0.363. The Labute approximate surface area is 203 Å². The van der Waals surface area contributed by atoms with Crippen LogP contribution in [0.25, 0.3) is 0 Å². The third-order valence-electron chi connectivity index (χ3n) is 6.78. The Balaban J connectivity index is 1.34. The minimum absolute atomic E-state index is 0.00646. The lowest BCUT2D eigenvalue weighted by Gasteiger charge is -2.36. The quantitative estimate of drug-likeness (QED) is 0.507. The van der Waals surface area contributed by atoms with Crippen molar-refractivity contribution in [2.24, 2.45) is 5.92 Å². The first-order chi connectivity index (χ1) is 16.9. The van der Waals surface area contributed by atoms with Gasteiger partial charge in [0, 0.05) is 26.7 Å². The summed E-state index contributed by atoms with van der Waals surface area (Å²) < 4.78 is 4.72. The molecule has 0 spiro atoms. The second-order valence-corrected chi connectivity index (χ2v) is 9.16. The number of amides is 3. The molecule has 3 heterocycles. The third-order valence-corrected chi connectivity index (χ3v) is 6.78. The number of nitrogens with zero attached hydrogens (tertiary/aromatic N) is 5. The van der Waals surface area contributed by atoms with Crippen LogP contribution in [0, 0.1) is 12.8 Å². The Morgan fingerprint density at radius 1 is 1.09 bits per heavy atom. The molecule has 2 aliphatic rings. The maximum absolute atomic E-state index is 13.4. The third kappa shape index (κ3) is 4.29. The number of carbonyl (C=O) groups is 3. The standard InChI is InChI=1S/C26H27N5O4/c1-17-21(28-35-27-17)16-31-25(33)20-11-6-12-22(23(20)26(31)34)30-13-7-10-19(15-30)24(32)29(2)14-18-8-4-3-5-9-18/h3-6,8-9,11-12,19H,7,10,13-16H2,1-2H3. The number of benzene rings is 2. The molecule has 1 aromatic heterocycles. The number of piperidine rings is 1. The SMILES string of the molecule is Cc1nonc1CN1C(=O)c2cccc(N3CCCC(C(=O)N(C)Cc4ccccc4)C3)c2C1=O. The molecule has 1 atom stereocenters. The maximum atomic E-state index is 13.4. The van der Waals surface area contributed by atoms with Crippen molar-refractivity contribution in [2.45, 2.75) is 32.9 Å². The van der Waals surface area contributed by atoms with Crippen molar-refractivity contribution in [3.8, 4) is 0 Å². The predicted molar refractivity (Wildman–Crippen MR) is 128 cm³/mol. The van der Waals surface area contributed by atoms with Gasteiger partial charge < -0.3 is 9.80 Å². The van der Waals surface area contributed by atoms with Crippen LogP contribution in [0.15, 0.2) is 53.2 Å². The van der Waals surface area contributed by atoms with Crippen LogP contribution in [-0.2, 0) is 17.9 Å². The molecule has 0 radical (unpaired) electrons. The number of aryl methyl sites for hydroxylation is 1. The zero-order valence-corrected chi connectivity index (χ0v) is 19.8. The van der Waals surface area contributed by atoms with Crippen molar-refractivity contribution >= 4 is 23.4 Å². The number of imide groups is 1. The van der Waals surface area contributed by atoms with Crippen LogP contribution in [0.4, 0.5) is 5.69 Å². The number of anilines is 1. The van der Waals surface area contributed by atoms with E-state index in [1.165, 1.54) is 4.90 Å². The summed E-state index contributed by atoms with van der Waals surface area (Å²) in [5, 5.41) is 7.55. The molecule has 5 rings (SSSR count). The smallest absolute Gasteiger partial charge is 0.264 e. The van der Waals surface area contributed by atoms with Crippen LogP contribution in [0.5, 0.6) is 0 Å². The number of aromatic nitrogens is 2. The van der Waals surface area contributed by atoms with E-state index in [0.717, 1.165) is 24.9 Å². The molecule has 3 amide bonds. The zero-order chi connectivity index (χ0) is 24.5. The monoisotopic (exact) mass is 473 g/mol. The molecule has 9 heteroatoms. The highest BCUT2D eigenvalue weighted by Gasteiger charge is 2.40. The molecule has 1 saturated heterocycles. The molecular formula is C26H27N5O4. The predicted octanol–water partition coefficient (Wildman–Crippen LogP) is 3.05. The molecule has 0 bridgehead atoms. The van der Waals surface area contributed by atoms with Gasteiger partial charge in [0.15, 0.2) is 0 Å². The molecule has 0 aliphatic carbocycles. The second kappa shape index (κ2) is 9.32. The van der Waals surface area contributed by atoms with Crippen molar-refractivity contribution in [3.63, 3.8) is 0 Å². The van der Waals surface area contributed by atoms with Crippen molar-refractivity contribution in [1.82, 2.24) is 20.1 Å². The first kappa shape index (κ1) is 22.8. The highest BCUT2D eigenvalue weighted by Crippen LogP contribution is 2.35. The fraction of sp³-hybridized carbons (Fsp3) is 0.346. The van der Waals surface area contributed by atoms with Gasteiger partial charge in [0.2, 0.25) is 5.91 Å². The van der Waals surface area contributed by atoms with Gasteiger partial charge in [0.25, 0.3) is 11.8 Å². The molecule has 1 fully saturated rings. The Morgan fingerprint density at radius 2 is 1.89 bits per heavy atom. The fourth-order valence-corrected chi connectivity index (χ4v) is 4.91. The van der Waals surface area contributed by atoms with E-state index in [0.29, 0.717) is 41.3 Å². The normalized spacial score (nSPS) is 17.6. The lowest BCUT2D eigenvalue weighted by atomic mass is 9.94. The zero-order valence-electron chi connectivity index (χ0n) is 19.8. The van der Waals surface area contributed by atoms with E-state index >= 15 is 0 Å². The van der Waals surface area contributed by atoms with E-state index in [1.54, 1.807) is 24.0 Å². The Bertz CT molecular complexity index is 1270. The number of hydrogen-bond donors (Lipinski definition) is 0. The summed E-state index contributed by atoms with van der Waals surface area (Å²) in [4.78, 5) is 44.7. The summed E-state index contributed by atoms with van der Waals surface area (Å²) in [5.74, 6) is -0.816. The van der Waals surface area contributed by atoms with E-state index in [4.69, 9.17) is 4.63 Å². The molecule has 0 N–H and O–H groups in total. The van der Waals surface area contributed by atoms with Gasteiger partial charge in [-0.05, 0) is 37.5 Å². The van der Waals surface area contributed by atoms with Gasteiger partial charge >= 0.3 is 0 Å². The Kier molecular flexibility index (Phi) is 6.07. The first-order valence-electron chi connectivity index (χ1n) is 11.7. The molecule has 2 aromatic carbocycles. The van der Waals surface area contributed by atoms with Crippen molar-refractivity contribution in [3.05, 3.63) is 76.6 Å². The summed E-state index contributed by atoms with van der Waals surface area (Å²) in [5.41, 5.74) is 3.53. The molecule has 2 aliphatic heterocycles. The number of hydrogen-bond acceptors (Lipinski definition) is 7. The molecule has 180 valence electrons.